The number of hydrogen-bond acceptors (Lipinski definition) is 2. The summed E-state index contributed by atoms with van der Waals surface area (Å²) in [6.45, 7) is 7.57. The molecular weight excluding hydrogens is 236 g/mol. The monoisotopic (exact) mass is 252 g/mol. The average molecular weight is 252 g/mol. The fraction of sp³-hybridized carbons (Fsp3) is 0.118. The van der Waals surface area contributed by atoms with Gasteiger partial charge in [0.15, 0.2) is 0 Å². The molecule has 0 spiro atoms. The molecule has 2 heteroatoms. The summed E-state index contributed by atoms with van der Waals surface area (Å²) in [6, 6.07) is 13.7. The van der Waals surface area contributed by atoms with Crippen LogP contribution >= 0.6 is 0 Å². The highest BCUT2D eigenvalue weighted by Gasteiger charge is 2.05. The van der Waals surface area contributed by atoms with Gasteiger partial charge in [-0.3, -0.25) is 0 Å². The van der Waals surface area contributed by atoms with Gasteiger partial charge in [0.05, 0.1) is 0 Å². The summed E-state index contributed by atoms with van der Waals surface area (Å²) in [7, 11) is 0. The first kappa shape index (κ1) is 13.1. The number of carbonyl (C=O) groups is 1. The number of hydrogen-bond donors (Lipinski definition) is 0. The predicted molar refractivity (Wildman–Crippen MR) is 77.2 cm³/mol. The molecule has 2 nitrogen and oxygen atoms in total. The van der Waals surface area contributed by atoms with E-state index in [0.717, 1.165) is 11.6 Å². The van der Waals surface area contributed by atoms with Crippen molar-refractivity contribution in [2.45, 2.75) is 13.8 Å². The lowest BCUT2D eigenvalue weighted by Crippen LogP contribution is -2.02. The summed E-state index contributed by atoms with van der Waals surface area (Å²) in [4.78, 5) is 11.1. The van der Waals surface area contributed by atoms with Crippen LogP contribution < -0.4 is 4.74 Å². The van der Waals surface area contributed by atoms with Crippen LogP contribution in [0.1, 0.15) is 11.1 Å². The van der Waals surface area contributed by atoms with Gasteiger partial charge in [-0.1, -0.05) is 36.9 Å². The number of aryl methyl sites for hydroxylation is 1. The second kappa shape index (κ2) is 5.53. The van der Waals surface area contributed by atoms with E-state index in [0.29, 0.717) is 5.75 Å². The van der Waals surface area contributed by atoms with Crippen molar-refractivity contribution in [2.24, 2.45) is 0 Å². The summed E-state index contributed by atoms with van der Waals surface area (Å²) in [5.41, 5.74) is 4.83. The van der Waals surface area contributed by atoms with E-state index in [1.807, 2.05) is 18.2 Å². The van der Waals surface area contributed by atoms with Crippen LogP contribution in [0.2, 0.25) is 0 Å². The second-order valence-corrected chi connectivity index (χ2v) is 4.40. The molecule has 0 aromatic heterocycles. The van der Waals surface area contributed by atoms with Gasteiger partial charge in [0.2, 0.25) is 0 Å². The van der Waals surface area contributed by atoms with Gasteiger partial charge in [-0.15, -0.1) is 0 Å². The van der Waals surface area contributed by atoms with Crippen LogP contribution in [0.25, 0.3) is 11.1 Å². The van der Waals surface area contributed by atoms with Crippen molar-refractivity contribution in [2.75, 3.05) is 0 Å². The minimum absolute atomic E-state index is 0.445. The molecule has 0 amide bonds. The highest BCUT2D eigenvalue weighted by atomic mass is 16.5. The van der Waals surface area contributed by atoms with E-state index < -0.39 is 5.97 Å². The van der Waals surface area contributed by atoms with E-state index in [2.05, 4.69) is 32.6 Å². The van der Waals surface area contributed by atoms with Crippen LogP contribution in [0.4, 0.5) is 0 Å². The molecule has 2 aromatic carbocycles. The minimum Gasteiger partial charge on any atom is -0.423 e. The number of esters is 1. The fourth-order valence-electron chi connectivity index (χ4n) is 1.92. The molecule has 0 atom stereocenters. The molecule has 0 unspecified atom stereocenters. The predicted octanol–water partition coefficient (Wildman–Crippen LogP) is 4.06. The van der Waals surface area contributed by atoms with Crippen molar-refractivity contribution in [1.82, 2.24) is 0 Å². The Morgan fingerprint density at radius 1 is 1.11 bits per heavy atom. The Labute approximate surface area is 113 Å². The van der Waals surface area contributed by atoms with E-state index in [9.17, 15) is 4.79 Å². The lowest BCUT2D eigenvalue weighted by atomic mass is 9.97. The van der Waals surface area contributed by atoms with E-state index in [4.69, 9.17) is 4.74 Å². The third kappa shape index (κ3) is 2.91. The van der Waals surface area contributed by atoms with Gasteiger partial charge < -0.3 is 4.74 Å². The normalized spacial score (nSPS) is 10.0. The van der Waals surface area contributed by atoms with E-state index in [1.54, 1.807) is 12.1 Å². The Kier molecular flexibility index (Phi) is 3.81. The molecule has 0 heterocycles. The Morgan fingerprint density at radius 2 is 1.79 bits per heavy atom. The third-order valence-electron chi connectivity index (χ3n) is 3.16. The van der Waals surface area contributed by atoms with Gasteiger partial charge in [-0.05, 0) is 48.2 Å². The molecule has 0 N–H and O–H groups in total. The zero-order valence-corrected chi connectivity index (χ0v) is 11.1. The summed E-state index contributed by atoms with van der Waals surface area (Å²) < 4.78 is 5.05. The molecule has 0 aliphatic carbocycles. The number of carbonyl (C=O) groups excluding carboxylic acids is 1. The van der Waals surface area contributed by atoms with Gasteiger partial charge in [0.1, 0.15) is 5.75 Å². The average Bonchev–Trinajstić information content (AvgIpc) is 2.43. The molecule has 0 aliphatic rings. The SMILES string of the molecule is C=CC(=O)Oc1ccc(-c2cccc(C)c2C)cc1. The minimum atomic E-state index is -0.445. The van der Waals surface area contributed by atoms with E-state index >= 15 is 0 Å². The largest absolute Gasteiger partial charge is 0.423 e. The van der Waals surface area contributed by atoms with Crippen molar-refractivity contribution in [3.05, 3.63) is 66.2 Å². The Bertz CT molecular complexity index is 610. The maximum absolute atomic E-state index is 11.1. The zero-order chi connectivity index (χ0) is 13.8. The van der Waals surface area contributed by atoms with Crippen molar-refractivity contribution >= 4 is 5.97 Å². The van der Waals surface area contributed by atoms with Crippen molar-refractivity contribution in [3.63, 3.8) is 0 Å². The van der Waals surface area contributed by atoms with Crippen LogP contribution in [0.15, 0.2) is 55.1 Å². The Balaban J connectivity index is 2.30. The fourth-order valence-corrected chi connectivity index (χ4v) is 1.92. The molecular formula is C17H16O2. The maximum atomic E-state index is 11.1. The van der Waals surface area contributed by atoms with Crippen LogP contribution in [0.5, 0.6) is 5.75 Å². The molecule has 0 saturated heterocycles. The number of rotatable bonds is 3. The zero-order valence-electron chi connectivity index (χ0n) is 11.1. The van der Waals surface area contributed by atoms with Gasteiger partial charge >= 0.3 is 5.97 Å². The second-order valence-electron chi connectivity index (χ2n) is 4.40. The molecule has 0 saturated carbocycles. The quantitative estimate of drug-likeness (QED) is 0.468. The first-order valence-electron chi connectivity index (χ1n) is 6.12. The highest BCUT2D eigenvalue weighted by Crippen LogP contribution is 2.27. The number of ether oxygens (including phenoxy) is 1. The van der Waals surface area contributed by atoms with Gasteiger partial charge in [0.25, 0.3) is 0 Å². The first-order chi connectivity index (χ1) is 9.11. The topological polar surface area (TPSA) is 26.3 Å². The molecule has 2 aromatic rings. The smallest absolute Gasteiger partial charge is 0.335 e. The van der Waals surface area contributed by atoms with Crippen molar-refractivity contribution < 1.29 is 9.53 Å². The Hall–Kier alpha value is -2.35. The van der Waals surface area contributed by atoms with Crippen LogP contribution in [0, 0.1) is 13.8 Å². The lowest BCUT2D eigenvalue weighted by molar-refractivity contribution is -0.128. The summed E-state index contributed by atoms with van der Waals surface area (Å²) >= 11 is 0. The summed E-state index contributed by atoms with van der Waals surface area (Å²) in [5.74, 6) is 0.0819. The summed E-state index contributed by atoms with van der Waals surface area (Å²) in [5, 5.41) is 0. The highest BCUT2D eigenvalue weighted by molar-refractivity contribution is 5.83. The van der Waals surface area contributed by atoms with Gasteiger partial charge in [-0.25, -0.2) is 4.79 Å². The standard InChI is InChI=1S/C17H16O2/c1-4-17(18)19-15-10-8-14(9-11-15)16-7-5-6-12(2)13(16)3/h4-11H,1H2,2-3H3. The van der Waals surface area contributed by atoms with Crippen LogP contribution in [-0.2, 0) is 4.79 Å². The van der Waals surface area contributed by atoms with Gasteiger partial charge in [0, 0.05) is 6.08 Å². The molecule has 0 radical (unpaired) electrons. The Morgan fingerprint density at radius 3 is 2.42 bits per heavy atom. The van der Waals surface area contributed by atoms with E-state index in [1.165, 1.54) is 16.7 Å². The first-order valence-corrected chi connectivity index (χ1v) is 6.12. The van der Waals surface area contributed by atoms with Gasteiger partial charge in [-0.2, -0.15) is 0 Å². The lowest BCUT2D eigenvalue weighted by Gasteiger charge is -2.09. The molecule has 0 bridgehead atoms. The molecule has 2 rings (SSSR count). The molecule has 0 aliphatic heterocycles. The van der Waals surface area contributed by atoms with Crippen molar-refractivity contribution in [1.29, 1.82) is 0 Å². The molecule has 96 valence electrons. The van der Waals surface area contributed by atoms with Crippen LogP contribution in [0.3, 0.4) is 0 Å². The summed E-state index contributed by atoms with van der Waals surface area (Å²) in [6.07, 6.45) is 1.15. The maximum Gasteiger partial charge on any atom is 0.335 e. The molecule has 19 heavy (non-hydrogen) atoms. The molecule has 0 fully saturated rings. The van der Waals surface area contributed by atoms with E-state index in [-0.39, 0.29) is 0 Å². The third-order valence-corrected chi connectivity index (χ3v) is 3.16. The van der Waals surface area contributed by atoms with Crippen LogP contribution in [-0.4, -0.2) is 5.97 Å². The van der Waals surface area contributed by atoms with Crippen molar-refractivity contribution in [3.8, 4) is 16.9 Å². The number of benzene rings is 2.